The lowest BCUT2D eigenvalue weighted by molar-refractivity contribution is -0.137. The Labute approximate surface area is 116 Å². The van der Waals surface area contributed by atoms with Crippen LogP contribution in [0.2, 0.25) is 0 Å². The van der Waals surface area contributed by atoms with Gasteiger partial charge in [0.1, 0.15) is 29.8 Å². The number of nitrogens with zero attached hydrogens (tertiary/aromatic N) is 3. The molecule has 0 aliphatic heterocycles. The summed E-state index contributed by atoms with van der Waals surface area (Å²) in [5, 5.41) is 12.4. The Bertz CT molecular complexity index is 900. The first kappa shape index (κ1) is 13.0. The Morgan fingerprint density at radius 2 is 2.14 bits per heavy atom. The Balaban J connectivity index is 2.28. The molecular formula is C13H8FN3O4. The van der Waals surface area contributed by atoms with Crippen molar-refractivity contribution in [3.05, 3.63) is 46.8 Å². The molecule has 0 amide bonds. The molecule has 0 saturated carbocycles. The second kappa shape index (κ2) is 4.82. The molecule has 3 aromatic rings. The van der Waals surface area contributed by atoms with Gasteiger partial charge in [-0.2, -0.15) is 0 Å². The molecule has 0 aliphatic carbocycles. The Morgan fingerprint density at radius 3 is 2.86 bits per heavy atom. The van der Waals surface area contributed by atoms with E-state index < -0.39 is 23.9 Å². The van der Waals surface area contributed by atoms with Gasteiger partial charge in [-0.1, -0.05) is 17.3 Å². The van der Waals surface area contributed by atoms with Gasteiger partial charge in [0.15, 0.2) is 0 Å². The van der Waals surface area contributed by atoms with Gasteiger partial charge in [0.2, 0.25) is 0 Å². The van der Waals surface area contributed by atoms with Crippen LogP contribution in [-0.2, 0) is 11.3 Å². The van der Waals surface area contributed by atoms with Crippen molar-refractivity contribution < 1.29 is 18.8 Å². The Kier molecular flexibility index (Phi) is 2.98. The van der Waals surface area contributed by atoms with Gasteiger partial charge in [-0.25, -0.2) is 9.37 Å². The average molecular weight is 289 g/mol. The number of hydrogen-bond donors (Lipinski definition) is 1. The molecule has 1 N–H and O–H groups in total. The van der Waals surface area contributed by atoms with Gasteiger partial charge in [0.05, 0.1) is 0 Å². The number of aliphatic carboxylic acids is 1. The van der Waals surface area contributed by atoms with Gasteiger partial charge in [-0.05, 0) is 12.1 Å². The van der Waals surface area contributed by atoms with E-state index in [9.17, 15) is 14.0 Å². The molecule has 8 heteroatoms. The summed E-state index contributed by atoms with van der Waals surface area (Å²) in [6.07, 6.45) is 1.05. The second-order valence-electron chi connectivity index (χ2n) is 4.26. The number of benzene rings is 1. The average Bonchev–Trinajstić information content (AvgIpc) is 2.87. The molecule has 106 valence electrons. The second-order valence-corrected chi connectivity index (χ2v) is 4.26. The molecule has 21 heavy (non-hydrogen) atoms. The molecule has 0 fully saturated rings. The zero-order valence-electron chi connectivity index (χ0n) is 10.5. The van der Waals surface area contributed by atoms with Crippen LogP contribution >= 0.6 is 0 Å². The zero-order chi connectivity index (χ0) is 15.0. The van der Waals surface area contributed by atoms with Gasteiger partial charge in [-0.15, -0.1) is 0 Å². The van der Waals surface area contributed by atoms with Crippen molar-refractivity contribution in [2.45, 2.75) is 6.54 Å². The molecule has 0 spiro atoms. The van der Waals surface area contributed by atoms with Gasteiger partial charge < -0.3 is 9.63 Å². The summed E-state index contributed by atoms with van der Waals surface area (Å²) in [7, 11) is 0. The largest absolute Gasteiger partial charge is 0.480 e. The van der Waals surface area contributed by atoms with E-state index in [4.69, 9.17) is 9.63 Å². The molecule has 1 aromatic carbocycles. The van der Waals surface area contributed by atoms with Crippen LogP contribution in [0.3, 0.4) is 0 Å². The summed E-state index contributed by atoms with van der Waals surface area (Å²) in [6, 6.07) is 5.76. The highest BCUT2D eigenvalue weighted by atomic mass is 19.1. The van der Waals surface area contributed by atoms with E-state index in [0.717, 1.165) is 10.9 Å². The summed E-state index contributed by atoms with van der Waals surface area (Å²) in [5.41, 5.74) is -0.634. The van der Waals surface area contributed by atoms with Gasteiger partial charge in [-0.3, -0.25) is 14.2 Å². The molecule has 0 saturated heterocycles. The van der Waals surface area contributed by atoms with Crippen LogP contribution in [-0.4, -0.2) is 25.8 Å². The summed E-state index contributed by atoms with van der Waals surface area (Å²) in [4.78, 5) is 26.8. The Morgan fingerprint density at radius 1 is 1.38 bits per heavy atom. The number of aromatic nitrogens is 3. The van der Waals surface area contributed by atoms with Crippen LogP contribution in [0, 0.1) is 5.82 Å². The monoisotopic (exact) mass is 289 g/mol. The first-order valence-electron chi connectivity index (χ1n) is 5.89. The van der Waals surface area contributed by atoms with E-state index in [-0.39, 0.29) is 22.4 Å². The van der Waals surface area contributed by atoms with Crippen molar-refractivity contribution in [1.29, 1.82) is 0 Å². The number of carbonyl (C=O) groups is 1. The van der Waals surface area contributed by atoms with Crippen molar-refractivity contribution >= 4 is 17.1 Å². The van der Waals surface area contributed by atoms with E-state index in [1.807, 2.05) is 0 Å². The minimum atomic E-state index is -1.19. The van der Waals surface area contributed by atoms with Crippen molar-refractivity contribution in [2.75, 3.05) is 0 Å². The fourth-order valence-corrected chi connectivity index (χ4v) is 1.98. The predicted octanol–water partition coefficient (Wildman–Crippen LogP) is 1.28. The van der Waals surface area contributed by atoms with E-state index in [1.165, 1.54) is 18.2 Å². The molecule has 0 atom stereocenters. The number of carboxylic acid groups (broad SMARTS) is 1. The normalized spacial score (nSPS) is 10.9. The first-order chi connectivity index (χ1) is 10.1. The molecular weight excluding hydrogens is 281 g/mol. The maximum absolute atomic E-state index is 13.8. The third kappa shape index (κ3) is 2.16. The van der Waals surface area contributed by atoms with E-state index >= 15 is 0 Å². The standard InChI is InChI=1S/C13H8FN3O4/c14-8-4-2-1-3-7(8)11-10-12(21-16-11)15-6-17(13(10)20)5-9(18)19/h1-4,6H,5H2,(H,18,19). The third-order valence-electron chi connectivity index (χ3n) is 2.90. The van der Waals surface area contributed by atoms with E-state index in [2.05, 4.69) is 10.1 Å². The lowest BCUT2D eigenvalue weighted by Gasteiger charge is -2.01. The van der Waals surface area contributed by atoms with Gasteiger partial charge in [0.25, 0.3) is 11.3 Å². The molecule has 0 bridgehead atoms. The number of carboxylic acids is 1. The van der Waals surface area contributed by atoms with Crippen LogP contribution in [0.15, 0.2) is 39.9 Å². The lowest BCUT2D eigenvalue weighted by Crippen LogP contribution is -2.24. The minimum absolute atomic E-state index is 0.000314. The van der Waals surface area contributed by atoms with Crippen LogP contribution in [0.25, 0.3) is 22.4 Å². The molecule has 2 heterocycles. The highest BCUT2D eigenvalue weighted by molar-refractivity contribution is 5.88. The fraction of sp³-hybridized carbons (Fsp3) is 0.0769. The topological polar surface area (TPSA) is 98.2 Å². The van der Waals surface area contributed by atoms with E-state index in [0.29, 0.717) is 0 Å². The van der Waals surface area contributed by atoms with Crippen molar-refractivity contribution in [2.24, 2.45) is 0 Å². The van der Waals surface area contributed by atoms with Crippen molar-refractivity contribution in [1.82, 2.24) is 14.7 Å². The summed E-state index contributed by atoms with van der Waals surface area (Å²) < 4.78 is 19.6. The van der Waals surface area contributed by atoms with E-state index in [1.54, 1.807) is 6.07 Å². The molecule has 3 rings (SSSR count). The van der Waals surface area contributed by atoms with Crippen LogP contribution < -0.4 is 5.56 Å². The quantitative estimate of drug-likeness (QED) is 0.779. The fourth-order valence-electron chi connectivity index (χ4n) is 1.98. The lowest BCUT2D eigenvalue weighted by atomic mass is 10.1. The Hall–Kier alpha value is -3.03. The highest BCUT2D eigenvalue weighted by Crippen LogP contribution is 2.26. The van der Waals surface area contributed by atoms with Crippen molar-refractivity contribution in [3.8, 4) is 11.3 Å². The highest BCUT2D eigenvalue weighted by Gasteiger charge is 2.19. The van der Waals surface area contributed by atoms with Crippen LogP contribution in [0.1, 0.15) is 0 Å². The summed E-state index contributed by atoms with van der Waals surface area (Å²) in [6.45, 7) is -0.552. The summed E-state index contributed by atoms with van der Waals surface area (Å²) in [5.74, 6) is -1.76. The number of halogens is 1. The number of rotatable bonds is 3. The maximum Gasteiger partial charge on any atom is 0.323 e. The molecule has 0 unspecified atom stereocenters. The van der Waals surface area contributed by atoms with Gasteiger partial charge >= 0.3 is 5.97 Å². The SMILES string of the molecule is O=C(O)Cn1cnc2onc(-c3ccccc3F)c2c1=O. The van der Waals surface area contributed by atoms with Gasteiger partial charge in [0, 0.05) is 5.56 Å². The predicted molar refractivity (Wildman–Crippen MR) is 69.1 cm³/mol. The van der Waals surface area contributed by atoms with Crippen LogP contribution in [0.4, 0.5) is 4.39 Å². The molecule has 0 aliphatic rings. The van der Waals surface area contributed by atoms with Crippen LogP contribution in [0.5, 0.6) is 0 Å². The zero-order valence-corrected chi connectivity index (χ0v) is 10.5. The maximum atomic E-state index is 13.8. The number of hydrogen-bond acceptors (Lipinski definition) is 5. The molecule has 2 aromatic heterocycles. The number of fused-ring (bicyclic) bond motifs is 1. The molecule has 7 nitrogen and oxygen atoms in total. The smallest absolute Gasteiger partial charge is 0.323 e. The third-order valence-corrected chi connectivity index (χ3v) is 2.90. The first-order valence-corrected chi connectivity index (χ1v) is 5.89. The van der Waals surface area contributed by atoms with Crippen molar-refractivity contribution in [3.63, 3.8) is 0 Å². The molecule has 0 radical (unpaired) electrons. The summed E-state index contributed by atoms with van der Waals surface area (Å²) >= 11 is 0. The minimum Gasteiger partial charge on any atom is -0.480 e.